The normalized spacial score (nSPS) is 22.6. The van der Waals surface area contributed by atoms with Crippen LogP contribution in [0.4, 0.5) is 0 Å². The van der Waals surface area contributed by atoms with Gasteiger partial charge in [0.05, 0.1) is 12.1 Å². The van der Waals surface area contributed by atoms with Crippen molar-refractivity contribution in [3.8, 4) is 0 Å². The molecule has 2 heterocycles. The average molecular weight is 289 g/mol. The van der Waals surface area contributed by atoms with Gasteiger partial charge in [-0.1, -0.05) is 6.92 Å². The van der Waals surface area contributed by atoms with Gasteiger partial charge in [0, 0.05) is 19.3 Å². The van der Waals surface area contributed by atoms with Crippen molar-refractivity contribution in [3.63, 3.8) is 0 Å². The fraction of sp³-hybridized carbons (Fsp3) is 0.667. The SMILES string of the molecule is CCCn1nccc1C(=O)N[C@@H]1CCNC[C@H]1O.Cl. The zero-order valence-corrected chi connectivity index (χ0v) is 11.8. The van der Waals surface area contributed by atoms with Gasteiger partial charge in [-0.05, 0) is 25.5 Å². The Kier molecular flexibility index (Phi) is 6.27. The molecule has 2 atom stereocenters. The summed E-state index contributed by atoms with van der Waals surface area (Å²) in [5, 5.41) is 19.9. The maximum atomic E-state index is 12.1. The topological polar surface area (TPSA) is 79.2 Å². The van der Waals surface area contributed by atoms with Crippen LogP contribution in [0.3, 0.4) is 0 Å². The number of hydrogen-bond donors (Lipinski definition) is 3. The molecule has 7 heteroatoms. The predicted molar refractivity (Wildman–Crippen MR) is 74.5 cm³/mol. The second-order valence-electron chi connectivity index (χ2n) is 4.58. The molecule has 19 heavy (non-hydrogen) atoms. The van der Waals surface area contributed by atoms with Gasteiger partial charge < -0.3 is 15.7 Å². The lowest BCUT2D eigenvalue weighted by molar-refractivity contribution is 0.0756. The molecule has 2 rings (SSSR count). The molecule has 6 nitrogen and oxygen atoms in total. The lowest BCUT2D eigenvalue weighted by Crippen LogP contribution is -2.52. The molecule has 1 aromatic heterocycles. The lowest BCUT2D eigenvalue weighted by Gasteiger charge is -2.29. The van der Waals surface area contributed by atoms with Crippen LogP contribution in [-0.4, -0.2) is 46.0 Å². The van der Waals surface area contributed by atoms with E-state index >= 15 is 0 Å². The van der Waals surface area contributed by atoms with Gasteiger partial charge in [0.2, 0.25) is 0 Å². The van der Waals surface area contributed by atoms with E-state index in [0.717, 1.165) is 25.9 Å². The van der Waals surface area contributed by atoms with Gasteiger partial charge in [-0.2, -0.15) is 5.10 Å². The van der Waals surface area contributed by atoms with Crippen molar-refractivity contribution in [2.24, 2.45) is 0 Å². The Morgan fingerprint density at radius 3 is 3.16 bits per heavy atom. The third-order valence-electron chi connectivity index (χ3n) is 3.15. The number of aliphatic hydroxyl groups excluding tert-OH is 1. The van der Waals surface area contributed by atoms with E-state index in [1.165, 1.54) is 0 Å². The highest BCUT2D eigenvalue weighted by atomic mass is 35.5. The van der Waals surface area contributed by atoms with E-state index in [9.17, 15) is 9.90 Å². The number of amides is 1. The molecule has 3 N–H and O–H groups in total. The summed E-state index contributed by atoms with van der Waals surface area (Å²) in [5.74, 6) is -0.160. The molecule has 1 fully saturated rings. The van der Waals surface area contributed by atoms with E-state index in [1.54, 1.807) is 16.9 Å². The fourth-order valence-corrected chi connectivity index (χ4v) is 2.17. The second kappa shape index (κ2) is 7.47. The van der Waals surface area contributed by atoms with Crippen LogP contribution < -0.4 is 10.6 Å². The van der Waals surface area contributed by atoms with Crippen molar-refractivity contribution >= 4 is 18.3 Å². The van der Waals surface area contributed by atoms with E-state index in [-0.39, 0.29) is 24.4 Å². The summed E-state index contributed by atoms with van der Waals surface area (Å²) in [4.78, 5) is 12.1. The molecule has 0 aromatic carbocycles. The van der Waals surface area contributed by atoms with Crippen molar-refractivity contribution in [1.29, 1.82) is 0 Å². The number of aromatic nitrogens is 2. The lowest BCUT2D eigenvalue weighted by atomic mass is 10.0. The van der Waals surface area contributed by atoms with E-state index in [2.05, 4.69) is 15.7 Å². The Bertz CT molecular complexity index is 410. The first-order chi connectivity index (χ1) is 8.72. The zero-order chi connectivity index (χ0) is 13.0. The molecule has 0 aliphatic carbocycles. The van der Waals surface area contributed by atoms with Crippen LogP contribution in [0.15, 0.2) is 12.3 Å². The quantitative estimate of drug-likeness (QED) is 0.738. The Hall–Kier alpha value is -1.11. The number of carbonyl (C=O) groups is 1. The number of aryl methyl sites for hydroxylation is 1. The first-order valence-electron chi connectivity index (χ1n) is 6.44. The van der Waals surface area contributed by atoms with Crippen LogP contribution in [0, 0.1) is 0 Å². The number of nitrogens with one attached hydrogen (secondary N) is 2. The van der Waals surface area contributed by atoms with Crippen LogP contribution in [0.2, 0.25) is 0 Å². The first kappa shape index (κ1) is 15.9. The first-order valence-corrected chi connectivity index (χ1v) is 6.44. The smallest absolute Gasteiger partial charge is 0.269 e. The molecule has 0 spiro atoms. The number of aliphatic hydroxyl groups is 1. The summed E-state index contributed by atoms with van der Waals surface area (Å²) in [6.45, 7) is 4.11. The number of carbonyl (C=O) groups excluding carboxylic acids is 1. The van der Waals surface area contributed by atoms with Gasteiger partial charge in [0.25, 0.3) is 5.91 Å². The average Bonchev–Trinajstić information content (AvgIpc) is 2.81. The van der Waals surface area contributed by atoms with Gasteiger partial charge in [-0.3, -0.25) is 9.48 Å². The number of halogens is 1. The summed E-state index contributed by atoms with van der Waals surface area (Å²) in [6.07, 6.45) is 2.78. The highest BCUT2D eigenvalue weighted by molar-refractivity contribution is 5.92. The molecule has 1 aromatic rings. The molecule has 108 valence electrons. The number of piperidine rings is 1. The molecule has 0 saturated carbocycles. The number of nitrogens with zero attached hydrogens (tertiary/aromatic N) is 2. The third-order valence-corrected chi connectivity index (χ3v) is 3.15. The van der Waals surface area contributed by atoms with Crippen molar-refractivity contribution in [2.75, 3.05) is 13.1 Å². The standard InChI is InChI=1S/C12H20N4O2.ClH/c1-2-7-16-10(4-6-14-16)12(18)15-9-3-5-13-8-11(9)17;/h4,6,9,11,13,17H,2-3,5,7-8H2,1H3,(H,15,18);1H/t9-,11-;/m1./s1. The molecular formula is C12H21ClN4O2. The van der Waals surface area contributed by atoms with Gasteiger partial charge in [0.1, 0.15) is 5.69 Å². The largest absolute Gasteiger partial charge is 0.390 e. The molecule has 0 radical (unpaired) electrons. The number of β-amino-alcohol motifs (C(OH)–C–C–N with tert-alkyl or cyclic N) is 1. The minimum atomic E-state index is -0.523. The van der Waals surface area contributed by atoms with Crippen molar-refractivity contribution in [3.05, 3.63) is 18.0 Å². The monoisotopic (exact) mass is 288 g/mol. The summed E-state index contributed by atoms with van der Waals surface area (Å²) >= 11 is 0. The Morgan fingerprint density at radius 1 is 1.68 bits per heavy atom. The van der Waals surface area contributed by atoms with Crippen LogP contribution in [0.1, 0.15) is 30.3 Å². The van der Waals surface area contributed by atoms with Crippen molar-refractivity contribution < 1.29 is 9.90 Å². The van der Waals surface area contributed by atoms with Crippen LogP contribution >= 0.6 is 12.4 Å². The maximum Gasteiger partial charge on any atom is 0.269 e. The minimum absolute atomic E-state index is 0. The summed E-state index contributed by atoms with van der Waals surface area (Å²) in [6, 6.07) is 1.53. The summed E-state index contributed by atoms with van der Waals surface area (Å²) in [5.41, 5.74) is 0.558. The maximum absolute atomic E-state index is 12.1. The van der Waals surface area contributed by atoms with Gasteiger partial charge >= 0.3 is 0 Å². The zero-order valence-electron chi connectivity index (χ0n) is 11.0. The highest BCUT2D eigenvalue weighted by Gasteiger charge is 2.25. The van der Waals surface area contributed by atoms with Crippen LogP contribution in [-0.2, 0) is 6.54 Å². The van der Waals surface area contributed by atoms with E-state index in [1.807, 2.05) is 6.92 Å². The summed E-state index contributed by atoms with van der Waals surface area (Å²) < 4.78 is 1.70. The van der Waals surface area contributed by atoms with Gasteiger partial charge in [0.15, 0.2) is 0 Å². The second-order valence-corrected chi connectivity index (χ2v) is 4.58. The molecule has 1 aliphatic heterocycles. The highest BCUT2D eigenvalue weighted by Crippen LogP contribution is 2.06. The van der Waals surface area contributed by atoms with E-state index < -0.39 is 6.10 Å². The minimum Gasteiger partial charge on any atom is -0.390 e. The Morgan fingerprint density at radius 2 is 2.47 bits per heavy atom. The molecule has 1 saturated heterocycles. The fourth-order valence-electron chi connectivity index (χ4n) is 2.17. The number of rotatable bonds is 4. The van der Waals surface area contributed by atoms with Gasteiger partial charge in [-0.25, -0.2) is 0 Å². The molecule has 0 bridgehead atoms. The molecule has 1 aliphatic rings. The van der Waals surface area contributed by atoms with E-state index in [0.29, 0.717) is 12.2 Å². The molecular weight excluding hydrogens is 268 g/mol. The van der Waals surface area contributed by atoms with Crippen molar-refractivity contribution in [1.82, 2.24) is 20.4 Å². The summed E-state index contributed by atoms with van der Waals surface area (Å²) in [7, 11) is 0. The van der Waals surface area contributed by atoms with Gasteiger partial charge in [-0.15, -0.1) is 12.4 Å². The van der Waals surface area contributed by atoms with Crippen LogP contribution in [0.5, 0.6) is 0 Å². The number of hydrogen-bond acceptors (Lipinski definition) is 4. The Labute approximate surface area is 119 Å². The van der Waals surface area contributed by atoms with Crippen LogP contribution in [0.25, 0.3) is 0 Å². The third kappa shape index (κ3) is 3.92. The van der Waals surface area contributed by atoms with Crippen molar-refractivity contribution in [2.45, 2.75) is 38.5 Å². The molecule has 1 amide bonds. The molecule has 0 unspecified atom stereocenters. The Balaban J connectivity index is 0.00000180. The predicted octanol–water partition coefficient (Wildman–Crippen LogP) is 0.168. The van der Waals surface area contributed by atoms with E-state index in [4.69, 9.17) is 0 Å².